The molecular formula is C12H16N2O3. The summed E-state index contributed by atoms with van der Waals surface area (Å²) in [6, 6.07) is 2.94. The van der Waals surface area contributed by atoms with E-state index in [0.29, 0.717) is 17.9 Å². The Morgan fingerprint density at radius 3 is 2.71 bits per heavy atom. The number of aliphatic hydroxyl groups is 2. The summed E-state index contributed by atoms with van der Waals surface area (Å²) in [7, 11) is 0. The third kappa shape index (κ3) is 2.40. The van der Waals surface area contributed by atoms with Gasteiger partial charge in [-0.25, -0.2) is 0 Å². The zero-order valence-electron chi connectivity index (χ0n) is 9.92. The fourth-order valence-corrected chi connectivity index (χ4v) is 1.90. The quantitative estimate of drug-likeness (QED) is 0.808. The monoisotopic (exact) mass is 236 g/mol. The molecule has 0 bridgehead atoms. The van der Waals surface area contributed by atoms with Crippen molar-refractivity contribution in [3.63, 3.8) is 0 Å². The number of aliphatic hydroxyl groups excluding tert-OH is 1. The molecule has 0 fully saturated rings. The van der Waals surface area contributed by atoms with Crippen molar-refractivity contribution in [1.82, 2.24) is 8.97 Å². The molecule has 0 unspecified atom stereocenters. The van der Waals surface area contributed by atoms with Crippen LogP contribution in [-0.4, -0.2) is 24.8 Å². The van der Waals surface area contributed by atoms with Crippen LogP contribution in [0.15, 0.2) is 29.3 Å². The van der Waals surface area contributed by atoms with Gasteiger partial charge in [0.1, 0.15) is 5.65 Å². The van der Waals surface area contributed by atoms with E-state index in [4.69, 9.17) is 0 Å². The van der Waals surface area contributed by atoms with E-state index >= 15 is 0 Å². The summed E-state index contributed by atoms with van der Waals surface area (Å²) in [5, 5.41) is 19.1. The number of pyridine rings is 1. The highest BCUT2D eigenvalue weighted by Gasteiger charge is 2.16. The number of aromatic nitrogens is 2. The van der Waals surface area contributed by atoms with Gasteiger partial charge < -0.3 is 19.2 Å². The molecule has 0 spiro atoms. The average molecular weight is 236 g/mol. The highest BCUT2D eigenvalue weighted by atomic mass is 16.3. The topological polar surface area (TPSA) is 66.9 Å². The Balaban J connectivity index is 2.62. The summed E-state index contributed by atoms with van der Waals surface area (Å²) in [4.78, 5) is 11.3. The van der Waals surface area contributed by atoms with Crippen LogP contribution < -0.4 is 5.43 Å². The number of fused-ring (bicyclic) bond motifs is 1. The van der Waals surface area contributed by atoms with Gasteiger partial charge in [-0.1, -0.05) is 0 Å². The molecule has 0 aliphatic carbocycles. The lowest BCUT2D eigenvalue weighted by Crippen LogP contribution is -2.25. The molecule has 5 nitrogen and oxygen atoms in total. The largest absolute Gasteiger partial charge is 0.390 e. The Kier molecular flexibility index (Phi) is 2.81. The number of nitrogens with zero attached hydrogens (tertiary/aromatic N) is 2. The molecule has 5 heteroatoms. The van der Waals surface area contributed by atoms with Gasteiger partial charge >= 0.3 is 0 Å². The third-order valence-corrected chi connectivity index (χ3v) is 2.53. The van der Waals surface area contributed by atoms with Gasteiger partial charge in [0.2, 0.25) is 0 Å². The summed E-state index contributed by atoms with van der Waals surface area (Å²) in [6.07, 6.45) is 3.37. The van der Waals surface area contributed by atoms with Crippen molar-refractivity contribution in [1.29, 1.82) is 0 Å². The van der Waals surface area contributed by atoms with E-state index in [-0.39, 0.29) is 12.0 Å². The molecule has 0 radical (unpaired) electrons. The van der Waals surface area contributed by atoms with Gasteiger partial charge in [-0.15, -0.1) is 0 Å². The van der Waals surface area contributed by atoms with E-state index in [0.717, 1.165) is 0 Å². The molecule has 92 valence electrons. The van der Waals surface area contributed by atoms with Gasteiger partial charge in [0.25, 0.3) is 0 Å². The zero-order valence-corrected chi connectivity index (χ0v) is 9.92. The molecule has 0 aliphatic rings. The van der Waals surface area contributed by atoms with Crippen LogP contribution in [0.4, 0.5) is 0 Å². The summed E-state index contributed by atoms with van der Waals surface area (Å²) in [5.41, 5.74) is 0.385. The Bertz CT molecular complexity index is 590. The van der Waals surface area contributed by atoms with Crippen molar-refractivity contribution in [2.45, 2.75) is 32.6 Å². The molecule has 2 rings (SSSR count). The number of imidazole rings is 1. The summed E-state index contributed by atoms with van der Waals surface area (Å²) in [6.45, 7) is 3.64. The lowest BCUT2D eigenvalue weighted by atomic mass is 10.1. The predicted molar refractivity (Wildman–Crippen MR) is 63.9 cm³/mol. The Morgan fingerprint density at radius 1 is 1.41 bits per heavy atom. The Hall–Kier alpha value is -1.59. The van der Waals surface area contributed by atoms with Gasteiger partial charge in [0.05, 0.1) is 24.4 Å². The van der Waals surface area contributed by atoms with Crippen molar-refractivity contribution in [2.75, 3.05) is 0 Å². The summed E-state index contributed by atoms with van der Waals surface area (Å²) < 4.78 is 3.51. The van der Waals surface area contributed by atoms with E-state index in [1.54, 1.807) is 35.2 Å². The van der Waals surface area contributed by atoms with Crippen molar-refractivity contribution < 1.29 is 10.2 Å². The lowest BCUT2D eigenvalue weighted by Gasteiger charge is -2.18. The highest BCUT2D eigenvalue weighted by molar-refractivity contribution is 5.42. The van der Waals surface area contributed by atoms with Gasteiger partial charge in [-0.3, -0.25) is 4.79 Å². The first-order chi connectivity index (χ1) is 7.90. The normalized spacial score (nSPS) is 12.2. The Labute approximate surface area is 98.6 Å². The van der Waals surface area contributed by atoms with Gasteiger partial charge in [0.15, 0.2) is 5.43 Å². The fourth-order valence-electron chi connectivity index (χ4n) is 1.90. The molecule has 0 amide bonds. The van der Waals surface area contributed by atoms with Crippen LogP contribution in [0.25, 0.3) is 5.65 Å². The third-order valence-electron chi connectivity index (χ3n) is 2.53. The van der Waals surface area contributed by atoms with E-state index in [1.165, 1.54) is 12.1 Å². The maximum Gasteiger partial charge on any atom is 0.183 e. The van der Waals surface area contributed by atoms with E-state index in [1.807, 2.05) is 0 Å². The van der Waals surface area contributed by atoms with Crippen LogP contribution in [0.5, 0.6) is 0 Å². The molecule has 0 saturated carbocycles. The maximum absolute atomic E-state index is 11.3. The standard InChI is InChI=1S/C12H16N2O3/c1-12(2,17)8-13-6-9(7-15)14-4-3-10(16)5-11(13)14/h3-6,15,17H,7-8H2,1-2H3. The summed E-state index contributed by atoms with van der Waals surface area (Å²) >= 11 is 0. The second-order valence-corrected chi connectivity index (χ2v) is 4.81. The molecule has 0 aromatic carbocycles. The van der Waals surface area contributed by atoms with Crippen molar-refractivity contribution in [3.05, 3.63) is 40.4 Å². The van der Waals surface area contributed by atoms with Gasteiger partial charge in [0, 0.05) is 24.5 Å². The predicted octanol–water partition coefficient (Wildman–Crippen LogP) is 0.364. The van der Waals surface area contributed by atoms with E-state index in [9.17, 15) is 15.0 Å². The molecule has 2 heterocycles. The minimum Gasteiger partial charge on any atom is -0.390 e. The molecule has 2 aromatic rings. The fraction of sp³-hybridized carbons (Fsp3) is 0.417. The van der Waals surface area contributed by atoms with E-state index < -0.39 is 5.60 Å². The maximum atomic E-state index is 11.3. The van der Waals surface area contributed by atoms with Crippen molar-refractivity contribution in [3.8, 4) is 0 Å². The summed E-state index contributed by atoms with van der Waals surface area (Å²) in [5.74, 6) is 0. The molecular weight excluding hydrogens is 220 g/mol. The van der Waals surface area contributed by atoms with Gasteiger partial charge in [-0.2, -0.15) is 0 Å². The van der Waals surface area contributed by atoms with Crippen LogP contribution >= 0.6 is 0 Å². The van der Waals surface area contributed by atoms with Crippen LogP contribution in [0.3, 0.4) is 0 Å². The second-order valence-electron chi connectivity index (χ2n) is 4.81. The number of rotatable bonds is 3. The van der Waals surface area contributed by atoms with Crippen LogP contribution in [0.2, 0.25) is 0 Å². The highest BCUT2D eigenvalue weighted by Crippen LogP contribution is 2.13. The average Bonchev–Trinajstić information content (AvgIpc) is 2.54. The minimum atomic E-state index is -0.877. The first kappa shape index (κ1) is 11.9. The molecule has 17 heavy (non-hydrogen) atoms. The minimum absolute atomic E-state index is 0.0930. The number of hydrogen-bond acceptors (Lipinski definition) is 3. The van der Waals surface area contributed by atoms with E-state index in [2.05, 4.69) is 0 Å². The number of hydrogen-bond donors (Lipinski definition) is 2. The first-order valence-electron chi connectivity index (χ1n) is 5.44. The lowest BCUT2D eigenvalue weighted by molar-refractivity contribution is 0.0626. The van der Waals surface area contributed by atoms with Crippen LogP contribution in [0, 0.1) is 0 Å². The SMILES string of the molecule is CC(C)(O)Cn1cc(CO)n2ccc(=O)cc12. The van der Waals surface area contributed by atoms with Crippen LogP contribution in [-0.2, 0) is 13.2 Å². The first-order valence-corrected chi connectivity index (χ1v) is 5.44. The Morgan fingerprint density at radius 2 is 2.12 bits per heavy atom. The van der Waals surface area contributed by atoms with Crippen molar-refractivity contribution >= 4 is 5.65 Å². The molecule has 2 aromatic heterocycles. The van der Waals surface area contributed by atoms with Crippen LogP contribution in [0.1, 0.15) is 19.5 Å². The van der Waals surface area contributed by atoms with Crippen molar-refractivity contribution in [2.24, 2.45) is 0 Å². The van der Waals surface area contributed by atoms with Gasteiger partial charge in [-0.05, 0) is 13.8 Å². The molecule has 0 atom stereocenters. The molecule has 2 N–H and O–H groups in total. The molecule has 0 saturated heterocycles. The second kappa shape index (κ2) is 4.01. The smallest absolute Gasteiger partial charge is 0.183 e. The molecule has 0 aliphatic heterocycles. The zero-order chi connectivity index (χ0) is 12.6.